The van der Waals surface area contributed by atoms with Gasteiger partial charge >= 0.3 is 22.6 Å². The van der Waals surface area contributed by atoms with Gasteiger partial charge in [-0.25, -0.2) is 8.42 Å². The largest absolute Gasteiger partial charge is 0.505 e. The van der Waals surface area contributed by atoms with Crippen molar-refractivity contribution in [1.82, 2.24) is 10.2 Å². The van der Waals surface area contributed by atoms with E-state index >= 15 is 0 Å². The molecule has 9 heteroatoms. The van der Waals surface area contributed by atoms with Crippen molar-refractivity contribution in [2.45, 2.75) is 131 Å². The molecule has 0 amide bonds. The van der Waals surface area contributed by atoms with Crippen LogP contribution in [0.25, 0.3) is 0 Å². The molecular formula is C45H73AlN2O5S. The van der Waals surface area contributed by atoms with Crippen molar-refractivity contribution in [3.8, 4) is 0 Å². The number of nitrogens with one attached hydrogen (secondary N) is 1. The van der Waals surface area contributed by atoms with Gasteiger partial charge in [-0.2, -0.15) is 0 Å². The fourth-order valence-electron chi connectivity index (χ4n) is 15.1. The van der Waals surface area contributed by atoms with Crippen LogP contribution in [0.3, 0.4) is 0 Å². The van der Waals surface area contributed by atoms with Crippen molar-refractivity contribution < 1.29 is 21.7 Å². The zero-order valence-electron chi connectivity index (χ0n) is 35.3. The summed E-state index contributed by atoms with van der Waals surface area (Å²) in [5.74, 6) is 3.74. The second-order valence-electron chi connectivity index (χ2n) is 20.7. The van der Waals surface area contributed by atoms with Crippen LogP contribution >= 0.6 is 0 Å². The average Bonchev–Trinajstić information content (AvgIpc) is 3.50. The number of nitrogens with zero attached hydrogens (tertiary/aromatic N) is 1. The number of allylic oxidation sites excluding steroid dienone is 5. The highest BCUT2D eigenvalue weighted by molar-refractivity contribution is 7.91. The lowest BCUT2D eigenvalue weighted by molar-refractivity contribution is -0.221. The lowest BCUT2D eigenvalue weighted by atomic mass is 9.33. The van der Waals surface area contributed by atoms with Gasteiger partial charge in [-0.05, 0) is 153 Å². The van der Waals surface area contributed by atoms with E-state index in [4.69, 9.17) is 8.53 Å². The molecule has 7 rings (SSSR count). The Kier molecular flexibility index (Phi) is 11.2. The molecular weight excluding hydrogens is 708 g/mol. The van der Waals surface area contributed by atoms with E-state index in [1.54, 1.807) is 5.57 Å². The lowest BCUT2D eigenvalue weighted by Crippen LogP contribution is -2.68. The molecule has 5 fully saturated rings. The topological polar surface area (TPSA) is 84.9 Å². The van der Waals surface area contributed by atoms with Crippen LogP contribution in [0.15, 0.2) is 35.5 Å². The molecule has 1 unspecified atom stereocenters. The quantitative estimate of drug-likeness (QED) is 0.140. The average molecular weight is 781 g/mol. The summed E-state index contributed by atoms with van der Waals surface area (Å²) < 4.78 is 35.4. The maximum Gasteiger partial charge on any atom is 0.410 e. The molecule has 1 saturated heterocycles. The van der Waals surface area contributed by atoms with Crippen LogP contribution < -0.4 is 5.32 Å². The van der Waals surface area contributed by atoms with Gasteiger partial charge in [0, 0.05) is 38.3 Å². The van der Waals surface area contributed by atoms with Gasteiger partial charge in [0.1, 0.15) is 0 Å². The smallest absolute Gasteiger partial charge is 0.410 e. The van der Waals surface area contributed by atoms with Crippen LogP contribution in [0.1, 0.15) is 126 Å². The van der Waals surface area contributed by atoms with Crippen LogP contribution in [-0.4, -0.2) is 92.3 Å². The zero-order valence-corrected chi connectivity index (χ0v) is 38.1. The molecule has 302 valence electrons. The lowest BCUT2D eigenvalue weighted by Gasteiger charge is -2.72. The van der Waals surface area contributed by atoms with E-state index in [1.807, 2.05) is 6.92 Å². The normalized spacial score (nSPS) is 44.1. The molecule has 0 bridgehead atoms. The number of hydrogen-bond acceptors (Lipinski definition) is 7. The van der Waals surface area contributed by atoms with E-state index in [1.165, 1.54) is 62.5 Å². The first-order valence-electron chi connectivity index (χ1n) is 21.8. The first kappa shape index (κ1) is 41.2. The highest BCUT2D eigenvalue weighted by atomic mass is 32.2. The Morgan fingerprint density at radius 2 is 1.69 bits per heavy atom. The number of ether oxygens (including phenoxy) is 1. The van der Waals surface area contributed by atoms with Gasteiger partial charge in [0.2, 0.25) is 0 Å². The van der Waals surface area contributed by atoms with E-state index in [-0.39, 0.29) is 22.3 Å². The minimum Gasteiger partial charge on any atom is -0.505 e. The van der Waals surface area contributed by atoms with Gasteiger partial charge in [0.05, 0.1) is 23.5 Å². The van der Waals surface area contributed by atoms with Crippen molar-refractivity contribution in [1.29, 1.82) is 0 Å². The number of carbonyl (C=O) groups excluding carboxylic acids is 1. The monoisotopic (exact) mass is 781 g/mol. The first-order chi connectivity index (χ1) is 25.4. The van der Waals surface area contributed by atoms with E-state index in [2.05, 4.69) is 70.5 Å². The summed E-state index contributed by atoms with van der Waals surface area (Å²) in [5, 5.41) is 4.23. The van der Waals surface area contributed by atoms with Crippen LogP contribution in [0.5, 0.6) is 0 Å². The predicted octanol–water partition coefficient (Wildman–Crippen LogP) is 7.48. The summed E-state index contributed by atoms with van der Waals surface area (Å²) >= 11 is 0.628. The van der Waals surface area contributed by atoms with E-state index in [0.717, 1.165) is 32.4 Å². The molecule has 0 aromatic carbocycles. The molecule has 10 atom stereocenters. The summed E-state index contributed by atoms with van der Waals surface area (Å²) in [6.07, 6.45) is 18.9. The Morgan fingerprint density at radius 1 is 0.944 bits per heavy atom. The van der Waals surface area contributed by atoms with Gasteiger partial charge in [-0.1, -0.05) is 58.9 Å². The Balaban J connectivity index is 1.12. The third-order valence-electron chi connectivity index (χ3n) is 18.1. The molecule has 7 nitrogen and oxygen atoms in total. The molecule has 1 aliphatic heterocycles. The second kappa shape index (κ2) is 14.7. The van der Waals surface area contributed by atoms with E-state index < -0.39 is 15.3 Å². The number of hydrogen-bond donors (Lipinski definition) is 1. The van der Waals surface area contributed by atoms with Crippen molar-refractivity contribution in [2.24, 2.45) is 56.7 Å². The predicted molar refractivity (Wildman–Crippen MR) is 221 cm³/mol. The second-order valence-corrected chi connectivity index (χ2v) is 23.6. The van der Waals surface area contributed by atoms with Crippen LogP contribution in [0, 0.1) is 56.7 Å². The molecule has 7 aliphatic rings. The van der Waals surface area contributed by atoms with Crippen molar-refractivity contribution in [3.63, 3.8) is 0 Å². The molecule has 4 saturated carbocycles. The third kappa shape index (κ3) is 6.52. The molecule has 0 aromatic heterocycles. The number of rotatable bonds is 10. The Morgan fingerprint density at radius 3 is 2.33 bits per heavy atom. The van der Waals surface area contributed by atoms with E-state index in [9.17, 15) is 13.2 Å². The summed E-state index contributed by atoms with van der Waals surface area (Å²) in [5.41, 5.74) is 4.94. The molecule has 0 radical (unpaired) electrons. The van der Waals surface area contributed by atoms with Gasteiger partial charge in [0.15, 0.2) is 9.84 Å². The maximum atomic E-state index is 13.1. The zero-order chi connectivity index (χ0) is 39.0. The standard InChI is InChI=1S/C45H71N2O5S.Al.2H/c1-9-52-39(49)44(30-48)19-12-32(13-20-44)34-15-17-41(6)36(40(34,4)5)16-18-43(8)37(41)11-10-35-38-33(31(2)3)14-21-45(38,23-22-42(35,43)7)46-24-25-47-26-28-53(50,51)29-27-47;;;/h12,15,33,35-38,46H,2,9-11,13-14,16-30H2,1,3-8H3;;;/q-1;+1;;/t33-,35+,36-,37+,38+,41-,42+,43+,44?,45-;;;/m0.../s1. The SMILES string of the molecule is C=C(C)[C@@H]1CC[C@]2(NCCN3CCS(=O)(=O)CC3)CC[C@]3(C)[C@H](CC[C@@H]4[C@@]5(C)CC=C(C6=CCC(C[O][AlH2])(C(=O)OCC)CC6)C(C)(C)[C@@H]5CC[C@]43C)[C@@H]12. The minimum absolute atomic E-state index is 0.0801. The Hall–Kier alpha value is -0.948. The van der Waals surface area contributed by atoms with Gasteiger partial charge in [0.25, 0.3) is 0 Å². The first-order valence-corrected chi connectivity index (χ1v) is 24.5. The third-order valence-corrected chi connectivity index (χ3v) is 20.0. The summed E-state index contributed by atoms with van der Waals surface area (Å²) in [6, 6.07) is 0. The maximum absolute atomic E-state index is 13.1. The minimum atomic E-state index is -2.86. The van der Waals surface area contributed by atoms with Crippen molar-refractivity contribution in [2.75, 3.05) is 50.9 Å². The number of fused-ring (bicyclic) bond motifs is 7. The Bertz CT molecular complexity index is 1640. The highest BCUT2D eigenvalue weighted by Crippen LogP contribution is 2.76. The fourth-order valence-corrected chi connectivity index (χ4v) is 16.9. The summed E-state index contributed by atoms with van der Waals surface area (Å²) in [4.78, 5) is 15.5. The van der Waals surface area contributed by atoms with Crippen LogP contribution in [0.4, 0.5) is 0 Å². The molecule has 6 aliphatic carbocycles. The van der Waals surface area contributed by atoms with Crippen molar-refractivity contribution >= 4 is 32.4 Å². The molecule has 54 heavy (non-hydrogen) atoms. The fraction of sp³-hybridized carbons (Fsp3) is 0.844. The van der Waals surface area contributed by atoms with Gasteiger partial charge < -0.3 is 18.7 Å². The van der Waals surface area contributed by atoms with Crippen molar-refractivity contribution in [3.05, 3.63) is 35.5 Å². The van der Waals surface area contributed by atoms with Gasteiger partial charge in [-0.15, -0.1) is 0 Å². The van der Waals surface area contributed by atoms with Crippen LogP contribution in [-0.2, 0) is 23.2 Å². The number of sulfone groups is 1. The molecule has 1 N–H and O–H groups in total. The number of esters is 1. The molecule has 1 heterocycles. The molecule has 0 aromatic rings. The summed E-state index contributed by atoms with van der Waals surface area (Å²) in [7, 11) is -2.86. The van der Waals surface area contributed by atoms with E-state index in [0.29, 0.717) is 101 Å². The van der Waals surface area contributed by atoms with Gasteiger partial charge in [-0.3, -0.25) is 4.79 Å². The van der Waals surface area contributed by atoms with Crippen LogP contribution in [0.2, 0.25) is 0 Å². The summed E-state index contributed by atoms with van der Waals surface area (Å²) in [6.45, 7) is 26.2. The highest BCUT2D eigenvalue weighted by Gasteiger charge is 2.70. The number of carbonyl (C=O) groups is 1. The Labute approximate surface area is 337 Å². The molecule has 0 spiro atoms.